The van der Waals surface area contributed by atoms with E-state index in [4.69, 9.17) is 15.6 Å². The van der Waals surface area contributed by atoms with E-state index in [0.29, 0.717) is 18.8 Å². The fourth-order valence-corrected chi connectivity index (χ4v) is 2.08. The van der Waals surface area contributed by atoms with Crippen LogP contribution < -0.4 is 10.5 Å². The maximum Gasteiger partial charge on any atom is 0.320 e. The van der Waals surface area contributed by atoms with Gasteiger partial charge in [-0.2, -0.15) is 0 Å². The lowest BCUT2D eigenvalue weighted by molar-refractivity contribution is -0.138. The molecule has 0 aliphatic heterocycles. The molecule has 4 heteroatoms. The molecule has 1 rings (SSSR count). The Morgan fingerprint density at radius 3 is 2.53 bits per heavy atom. The van der Waals surface area contributed by atoms with Gasteiger partial charge in [-0.05, 0) is 48.4 Å². The van der Waals surface area contributed by atoms with Gasteiger partial charge in [-0.1, -0.05) is 19.9 Å². The molecule has 0 bridgehead atoms. The smallest absolute Gasteiger partial charge is 0.320 e. The average molecular weight is 265 g/mol. The molecule has 4 nitrogen and oxygen atoms in total. The Kier molecular flexibility index (Phi) is 5.36. The van der Waals surface area contributed by atoms with Gasteiger partial charge in [-0.25, -0.2) is 0 Å². The molecular formula is C15H23NO3. The van der Waals surface area contributed by atoms with E-state index >= 15 is 0 Å². The van der Waals surface area contributed by atoms with Crippen molar-refractivity contribution in [2.24, 2.45) is 5.73 Å². The molecule has 0 radical (unpaired) electrons. The number of methoxy groups -OCH3 is 1. The topological polar surface area (TPSA) is 72.5 Å². The van der Waals surface area contributed by atoms with Crippen LogP contribution >= 0.6 is 0 Å². The van der Waals surface area contributed by atoms with Crippen LogP contribution in [0.15, 0.2) is 12.1 Å². The van der Waals surface area contributed by atoms with E-state index in [1.165, 1.54) is 0 Å². The summed E-state index contributed by atoms with van der Waals surface area (Å²) in [6.45, 7) is 6.23. The molecule has 106 valence electrons. The van der Waals surface area contributed by atoms with Crippen LogP contribution in [0.4, 0.5) is 0 Å². The normalized spacial score (nSPS) is 12.5. The highest BCUT2D eigenvalue weighted by Gasteiger charge is 2.14. The molecule has 1 atom stereocenters. The van der Waals surface area contributed by atoms with Crippen molar-refractivity contribution in [2.75, 3.05) is 7.11 Å². The van der Waals surface area contributed by atoms with Gasteiger partial charge < -0.3 is 15.6 Å². The third kappa shape index (κ3) is 3.96. The number of ether oxygens (including phenoxy) is 1. The van der Waals surface area contributed by atoms with Crippen molar-refractivity contribution in [3.63, 3.8) is 0 Å². The average Bonchev–Trinajstić information content (AvgIpc) is 2.35. The van der Waals surface area contributed by atoms with E-state index in [0.717, 1.165) is 22.4 Å². The second-order valence-electron chi connectivity index (χ2n) is 5.16. The summed E-state index contributed by atoms with van der Waals surface area (Å²) in [5, 5.41) is 8.81. The van der Waals surface area contributed by atoms with Crippen molar-refractivity contribution < 1.29 is 14.6 Å². The lowest BCUT2D eigenvalue weighted by Crippen LogP contribution is -2.30. The fraction of sp³-hybridized carbons (Fsp3) is 0.533. The Morgan fingerprint density at radius 2 is 2.05 bits per heavy atom. The number of aliphatic carboxylic acids is 1. The molecule has 0 saturated carbocycles. The number of nitrogens with two attached hydrogens (primary N) is 1. The van der Waals surface area contributed by atoms with Gasteiger partial charge >= 0.3 is 5.97 Å². The molecule has 19 heavy (non-hydrogen) atoms. The Balaban J connectivity index is 2.95. The van der Waals surface area contributed by atoms with Crippen LogP contribution in [-0.4, -0.2) is 24.2 Å². The highest BCUT2D eigenvalue weighted by atomic mass is 16.5. The van der Waals surface area contributed by atoms with Gasteiger partial charge in [0.1, 0.15) is 11.8 Å². The molecule has 0 aromatic heterocycles. The molecule has 0 aliphatic carbocycles. The Labute approximate surface area is 114 Å². The lowest BCUT2D eigenvalue weighted by Gasteiger charge is -2.16. The fourth-order valence-electron chi connectivity index (χ4n) is 2.08. The van der Waals surface area contributed by atoms with Crippen LogP contribution in [-0.2, 0) is 11.2 Å². The van der Waals surface area contributed by atoms with Crippen molar-refractivity contribution >= 4 is 5.97 Å². The van der Waals surface area contributed by atoms with Crippen LogP contribution in [0, 0.1) is 6.92 Å². The molecular weight excluding hydrogens is 242 g/mol. The summed E-state index contributed by atoms with van der Waals surface area (Å²) in [6, 6.07) is 3.31. The lowest BCUT2D eigenvalue weighted by atomic mass is 9.93. The number of rotatable bonds is 6. The summed E-state index contributed by atoms with van der Waals surface area (Å²) in [4.78, 5) is 10.7. The predicted octanol–water partition coefficient (Wildman–Crippen LogP) is 2.47. The van der Waals surface area contributed by atoms with Crippen molar-refractivity contribution in [2.45, 2.75) is 45.6 Å². The van der Waals surface area contributed by atoms with E-state index in [1.807, 2.05) is 13.0 Å². The third-order valence-corrected chi connectivity index (χ3v) is 3.35. The van der Waals surface area contributed by atoms with E-state index < -0.39 is 12.0 Å². The van der Waals surface area contributed by atoms with Crippen molar-refractivity contribution in [1.29, 1.82) is 0 Å². The summed E-state index contributed by atoms with van der Waals surface area (Å²) in [5.74, 6) is 0.302. The highest BCUT2D eigenvalue weighted by Crippen LogP contribution is 2.30. The highest BCUT2D eigenvalue weighted by molar-refractivity contribution is 5.73. The molecule has 0 heterocycles. The Morgan fingerprint density at radius 1 is 1.42 bits per heavy atom. The summed E-state index contributed by atoms with van der Waals surface area (Å²) >= 11 is 0. The first-order valence-corrected chi connectivity index (χ1v) is 6.52. The maximum absolute atomic E-state index is 10.7. The first kappa shape index (κ1) is 15.5. The minimum atomic E-state index is -0.949. The molecule has 0 spiro atoms. The first-order valence-electron chi connectivity index (χ1n) is 6.52. The molecule has 0 saturated heterocycles. The van der Waals surface area contributed by atoms with Gasteiger partial charge in [0.25, 0.3) is 0 Å². The Bertz CT molecular complexity index is 455. The number of carboxylic acid groups (broad SMARTS) is 1. The van der Waals surface area contributed by atoms with Gasteiger partial charge in [-0.3, -0.25) is 4.79 Å². The molecule has 1 aromatic rings. The summed E-state index contributed by atoms with van der Waals surface area (Å²) in [5.41, 5.74) is 8.94. The van der Waals surface area contributed by atoms with Crippen molar-refractivity contribution in [3.8, 4) is 5.75 Å². The van der Waals surface area contributed by atoms with Gasteiger partial charge in [0, 0.05) is 0 Å². The molecule has 1 unspecified atom stereocenters. The summed E-state index contributed by atoms with van der Waals surface area (Å²) in [7, 11) is 1.67. The number of carboxylic acids is 1. The van der Waals surface area contributed by atoms with E-state index in [2.05, 4.69) is 19.9 Å². The van der Waals surface area contributed by atoms with Crippen LogP contribution in [0.25, 0.3) is 0 Å². The second kappa shape index (κ2) is 6.57. The zero-order valence-corrected chi connectivity index (χ0v) is 12.1. The number of carbonyl (C=O) groups is 1. The number of hydrogen-bond donors (Lipinski definition) is 2. The minimum Gasteiger partial charge on any atom is -0.496 e. The maximum atomic E-state index is 10.7. The zero-order chi connectivity index (χ0) is 14.6. The van der Waals surface area contributed by atoms with E-state index in [-0.39, 0.29) is 0 Å². The Hall–Kier alpha value is -1.55. The van der Waals surface area contributed by atoms with E-state index in [1.54, 1.807) is 7.11 Å². The quantitative estimate of drug-likeness (QED) is 0.828. The van der Waals surface area contributed by atoms with Gasteiger partial charge in [0.05, 0.1) is 7.11 Å². The summed E-state index contributed by atoms with van der Waals surface area (Å²) in [6.07, 6.45) is 1.11. The summed E-state index contributed by atoms with van der Waals surface area (Å²) < 4.78 is 5.39. The SMILES string of the molecule is COc1cc(C)c(CCC(N)C(=O)O)cc1C(C)C. The van der Waals surface area contributed by atoms with Crippen molar-refractivity contribution in [1.82, 2.24) is 0 Å². The standard InChI is InChI=1S/C15H23NO3/c1-9(2)12-8-11(5-6-13(16)15(17)18)10(3)7-14(12)19-4/h7-9,13H,5-6,16H2,1-4H3,(H,17,18). The molecule has 1 aromatic carbocycles. The number of aryl methyl sites for hydroxylation is 2. The van der Waals surface area contributed by atoms with Crippen LogP contribution in [0.1, 0.15) is 42.9 Å². The predicted molar refractivity (Wildman–Crippen MR) is 75.8 cm³/mol. The van der Waals surface area contributed by atoms with Gasteiger partial charge in [-0.15, -0.1) is 0 Å². The third-order valence-electron chi connectivity index (χ3n) is 3.35. The van der Waals surface area contributed by atoms with Crippen LogP contribution in [0.2, 0.25) is 0 Å². The molecule has 3 N–H and O–H groups in total. The minimum absolute atomic E-state index is 0.363. The van der Waals surface area contributed by atoms with Gasteiger partial charge in [0.2, 0.25) is 0 Å². The number of benzene rings is 1. The van der Waals surface area contributed by atoms with Crippen molar-refractivity contribution in [3.05, 3.63) is 28.8 Å². The molecule has 0 aliphatic rings. The van der Waals surface area contributed by atoms with Crippen LogP contribution in [0.3, 0.4) is 0 Å². The van der Waals surface area contributed by atoms with E-state index in [9.17, 15) is 4.79 Å². The second-order valence-corrected chi connectivity index (χ2v) is 5.16. The first-order chi connectivity index (χ1) is 8.86. The van der Waals surface area contributed by atoms with Crippen LogP contribution in [0.5, 0.6) is 5.75 Å². The van der Waals surface area contributed by atoms with Gasteiger partial charge in [0.15, 0.2) is 0 Å². The molecule has 0 fully saturated rings. The zero-order valence-electron chi connectivity index (χ0n) is 12.1. The monoisotopic (exact) mass is 265 g/mol. The largest absolute Gasteiger partial charge is 0.496 e. The molecule has 0 amide bonds. The number of hydrogen-bond acceptors (Lipinski definition) is 3.